The summed E-state index contributed by atoms with van der Waals surface area (Å²) in [5, 5.41) is 40.4. The van der Waals surface area contributed by atoms with E-state index in [1.165, 1.54) is 0 Å². The highest BCUT2D eigenvalue weighted by Gasteiger charge is 2.35. The van der Waals surface area contributed by atoms with Gasteiger partial charge in [-0.2, -0.15) is 0 Å². The van der Waals surface area contributed by atoms with E-state index >= 15 is 0 Å². The van der Waals surface area contributed by atoms with Gasteiger partial charge in [-0.05, 0) is 27.2 Å². The monoisotopic (exact) mass is 206 g/mol. The van der Waals surface area contributed by atoms with Gasteiger partial charge in [-0.3, -0.25) is 0 Å². The lowest BCUT2D eigenvalue weighted by molar-refractivity contribution is -0.117. The zero-order chi connectivity index (χ0) is 12.0. The average Bonchev–Trinajstić information content (AvgIpc) is 1.82. The molecule has 0 radical (unpaired) electrons. The Kier molecular flexibility index (Phi) is 7.06. The molecule has 0 rings (SSSR count). The molecular formula is C8H19BO5. The van der Waals surface area contributed by atoms with Gasteiger partial charge in [0.1, 0.15) is 0 Å². The minimum Gasteiger partial charge on any atom is -0.402 e. The van der Waals surface area contributed by atoms with Gasteiger partial charge in [0.2, 0.25) is 0 Å². The summed E-state index contributed by atoms with van der Waals surface area (Å²) >= 11 is 0. The van der Waals surface area contributed by atoms with Crippen LogP contribution in [0.1, 0.15) is 27.2 Å². The van der Waals surface area contributed by atoms with Crippen molar-refractivity contribution in [2.24, 2.45) is 0 Å². The van der Waals surface area contributed by atoms with Crippen molar-refractivity contribution in [1.82, 2.24) is 0 Å². The molecule has 0 aromatic rings. The van der Waals surface area contributed by atoms with E-state index in [1.807, 2.05) is 0 Å². The Morgan fingerprint density at radius 1 is 1.14 bits per heavy atom. The van der Waals surface area contributed by atoms with E-state index in [0.717, 1.165) is 0 Å². The van der Waals surface area contributed by atoms with Crippen LogP contribution in [0.5, 0.6) is 0 Å². The molecule has 1 atom stereocenters. The van der Waals surface area contributed by atoms with Crippen molar-refractivity contribution in [2.75, 3.05) is 0 Å². The van der Waals surface area contributed by atoms with Crippen LogP contribution in [0.3, 0.4) is 0 Å². The van der Waals surface area contributed by atoms with Crippen molar-refractivity contribution in [3.63, 3.8) is 0 Å². The van der Waals surface area contributed by atoms with Crippen molar-refractivity contribution in [3.8, 4) is 0 Å². The topological polar surface area (TPSA) is 101 Å². The van der Waals surface area contributed by atoms with Crippen molar-refractivity contribution >= 4 is 7.32 Å². The van der Waals surface area contributed by atoms with Crippen molar-refractivity contribution < 1.29 is 25.3 Å². The molecule has 5 nitrogen and oxygen atoms in total. The largest absolute Gasteiger partial charge is 0.631 e. The Hall–Kier alpha value is -0.395. The Morgan fingerprint density at radius 3 is 1.50 bits per heavy atom. The first-order valence-electron chi connectivity index (χ1n) is 4.14. The zero-order valence-corrected chi connectivity index (χ0v) is 8.80. The first-order chi connectivity index (χ1) is 6.04. The summed E-state index contributed by atoms with van der Waals surface area (Å²) < 4.78 is 0. The average molecular weight is 206 g/mol. The summed E-state index contributed by atoms with van der Waals surface area (Å²) in [6, 6.07) is 0. The molecule has 0 fully saturated rings. The van der Waals surface area contributed by atoms with Crippen LogP contribution in [0.15, 0.2) is 12.7 Å². The SMILES string of the molecule is C=CCC(C)(O)C(C)(C)O.OB(O)O. The molecule has 0 saturated carbocycles. The third-order valence-electron chi connectivity index (χ3n) is 1.86. The molecule has 0 spiro atoms. The van der Waals surface area contributed by atoms with E-state index in [1.54, 1.807) is 26.8 Å². The van der Waals surface area contributed by atoms with E-state index in [2.05, 4.69) is 6.58 Å². The van der Waals surface area contributed by atoms with Gasteiger partial charge in [-0.1, -0.05) is 6.08 Å². The predicted octanol–water partition coefficient (Wildman–Crippen LogP) is -0.967. The van der Waals surface area contributed by atoms with E-state index in [4.69, 9.17) is 15.1 Å². The van der Waals surface area contributed by atoms with Gasteiger partial charge in [0.15, 0.2) is 0 Å². The second-order valence-corrected chi connectivity index (χ2v) is 3.67. The Balaban J connectivity index is 0. The summed E-state index contributed by atoms with van der Waals surface area (Å²) in [5.41, 5.74) is -2.14. The standard InChI is InChI=1S/C8H16O2.BH3O3/c1-5-6-8(4,10)7(2,3)9;2-1(3)4/h5,9-10H,1,6H2,2-4H3;2-4H. The summed E-state index contributed by atoms with van der Waals surface area (Å²) in [6.07, 6.45) is 1.99. The van der Waals surface area contributed by atoms with Crippen LogP contribution in [-0.2, 0) is 0 Å². The summed E-state index contributed by atoms with van der Waals surface area (Å²) in [5.74, 6) is 0. The van der Waals surface area contributed by atoms with Crippen molar-refractivity contribution in [1.29, 1.82) is 0 Å². The molecule has 0 heterocycles. The highest BCUT2D eigenvalue weighted by Crippen LogP contribution is 2.24. The van der Waals surface area contributed by atoms with Crippen molar-refractivity contribution in [3.05, 3.63) is 12.7 Å². The van der Waals surface area contributed by atoms with Crippen molar-refractivity contribution in [2.45, 2.75) is 38.4 Å². The van der Waals surface area contributed by atoms with Crippen LogP contribution >= 0.6 is 0 Å². The zero-order valence-electron chi connectivity index (χ0n) is 8.80. The minimum atomic E-state index is -2.17. The maximum absolute atomic E-state index is 9.53. The number of hydrogen-bond donors (Lipinski definition) is 5. The molecule has 0 bridgehead atoms. The minimum absolute atomic E-state index is 0.399. The van der Waals surface area contributed by atoms with E-state index in [0.29, 0.717) is 6.42 Å². The molecule has 0 amide bonds. The molecule has 14 heavy (non-hydrogen) atoms. The molecule has 84 valence electrons. The highest BCUT2D eigenvalue weighted by molar-refractivity contribution is 6.30. The fourth-order valence-electron chi connectivity index (χ4n) is 0.531. The third kappa shape index (κ3) is 8.21. The number of hydrogen-bond acceptors (Lipinski definition) is 5. The van der Waals surface area contributed by atoms with Crippen LogP contribution in [0.4, 0.5) is 0 Å². The highest BCUT2D eigenvalue weighted by atomic mass is 16.5. The van der Waals surface area contributed by atoms with Crippen LogP contribution < -0.4 is 0 Å². The second kappa shape index (κ2) is 6.16. The lowest BCUT2D eigenvalue weighted by Gasteiger charge is -2.34. The summed E-state index contributed by atoms with van der Waals surface area (Å²) in [7, 11) is -2.17. The van der Waals surface area contributed by atoms with Crippen LogP contribution in [0, 0.1) is 0 Å². The van der Waals surface area contributed by atoms with Crippen LogP contribution in [0.25, 0.3) is 0 Å². The quantitative estimate of drug-likeness (QED) is 0.302. The fraction of sp³-hybridized carbons (Fsp3) is 0.750. The lowest BCUT2D eigenvalue weighted by Crippen LogP contribution is -2.47. The second-order valence-electron chi connectivity index (χ2n) is 3.67. The van der Waals surface area contributed by atoms with E-state index < -0.39 is 18.5 Å². The molecule has 0 aliphatic carbocycles. The summed E-state index contributed by atoms with van der Waals surface area (Å²) in [4.78, 5) is 0. The predicted molar refractivity (Wildman–Crippen MR) is 54.1 cm³/mol. The first-order valence-corrected chi connectivity index (χ1v) is 4.14. The van der Waals surface area contributed by atoms with Gasteiger partial charge in [-0.25, -0.2) is 0 Å². The van der Waals surface area contributed by atoms with Crippen LogP contribution in [-0.4, -0.2) is 43.8 Å². The molecule has 0 aliphatic rings. The Bertz CT molecular complexity index is 159. The molecule has 1 unspecified atom stereocenters. The Morgan fingerprint density at radius 2 is 1.43 bits per heavy atom. The Labute approximate surface area is 84.5 Å². The molecule has 0 aromatic carbocycles. The fourth-order valence-corrected chi connectivity index (χ4v) is 0.531. The number of aliphatic hydroxyl groups is 2. The third-order valence-corrected chi connectivity index (χ3v) is 1.86. The van der Waals surface area contributed by atoms with E-state index in [-0.39, 0.29) is 0 Å². The normalized spacial score (nSPS) is 14.9. The van der Waals surface area contributed by atoms with E-state index in [9.17, 15) is 10.2 Å². The molecule has 6 heteroatoms. The molecular weight excluding hydrogens is 187 g/mol. The van der Waals surface area contributed by atoms with Crippen LogP contribution in [0.2, 0.25) is 0 Å². The first kappa shape index (κ1) is 16.1. The lowest BCUT2D eigenvalue weighted by atomic mass is 9.85. The van der Waals surface area contributed by atoms with Gasteiger partial charge in [-0.15, -0.1) is 6.58 Å². The summed E-state index contributed by atoms with van der Waals surface area (Å²) in [6.45, 7) is 8.24. The van der Waals surface area contributed by atoms with Gasteiger partial charge in [0, 0.05) is 0 Å². The van der Waals surface area contributed by atoms with Gasteiger partial charge >= 0.3 is 7.32 Å². The van der Waals surface area contributed by atoms with Gasteiger partial charge in [0.25, 0.3) is 0 Å². The molecule has 5 N–H and O–H groups in total. The maximum atomic E-state index is 9.53. The smallest absolute Gasteiger partial charge is 0.402 e. The molecule has 0 saturated heterocycles. The number of rotatable bonds is 3. The van der Waals surface area contributed by atoms with Gasteiger partial charge in [0.05, 0.1) is 11.2 Å². The molecule has 0 aliphatic heterocycles. The van der Waals surface area contributed by atoms with Gasteiger partial charge < -0.3 is 25.3 Å². The maximum Gasteiger partial charge on any atom is 0.631 e. The molecule has 0 aromatic heterocycles.